The number of nitrogens with zero attached hydrogens (tertiary/aromatic N) is 1. The quantitative estimate of drug-likeness (QED) is 0.727. The lowest BCUT2D eigenvalue weighted by molar-refractivity contribution is 0.631. The first-order valence-electron chi connectivity index (χ1n) is 5.69. The Kier molecular flexibility index (Phi) is 2.69. The van der Waals surface area contributed by atoms with Crippen LogP contribution in [-0.2, 0) is 13.0 Å². The van der Waals surface area contributed by atoms with Gasteiger partial charge in [0.25, 0.3) is 0 Å². The van der Waals surface area contributed by atoms with Crippen molar-refractivity contribution in [1.29, 1.82) is 0 Å². The first-order chi connectivity index (χ1) is 6.98. The average Bonchev–Trinajstić information content (AvgIpc) is 2.15. The minimum atomic E-state index is -1.27. The van der Waals surface area contributed by atoms with Gasteiger partial charge < -0.3 is 5.32 Å². The van der Waals surface area contributed by atoms with E-state index in [2.05, 4.69) is 37.9 Å². The highest BCUT2D eigenvalue weighted by Crippen LogP contribution is 2.14. The molecule has 0 aliphatic carbocycles. The number of aromatic nitrogens is 1. The molecular weight excluding hydrogens is 200 g/mol. The lowest BCUT2D eigenvalue weighted by Gasteiger charge is -2.23. The van der Waals surface area contributed by atoms with Gasteiger partial charge in [0.1, 0.15) is 8.07 Å². The molecule has 1 N–H and O–H groups in total. The van der Waals surface area contributed by atoms with Gasteiger partial charge in [-0.05, 0) is 18.1 Å². The van der Waals surface area contributed by atoms with Crippen LogP contribution >= 0.6 is 0 Å². The van der Waals surface area contributed by atoms with Crippen LogP contribution in [0.5, 0.6) is 0 Å². The normalized spacial score (nSPS) is 16.3. The molecule has 0 radical (unpaired) electrons. The summed E-state index contributed by atoms with van der Waals surface area (Å²) in [5.41, 5.74) is 4.12. The number of hydrogen-bond donors (Lipinski definition) is 1. The van der Waals surface area contributed by atoms with Gasteiger partial charge in [-0.1, -0.05) is 25.7 Å². The highest BCUT2D eigenvalue weighted by atomic mass is 28.3. The fraction of sp³-hybridized carbons (Fsp3) is 0.583. The molecular formula is C12H20N2Si. The molecule has 82 valence electrons. The van der Waals surface area contributed by atoms with Crippen LogP contribution in [0, 0.1) is 6.92 Å². The van der Waals surface area contributed by atoms with Gasteiger partial charge in [-0.25, -0.2) is 0 Å². The summed E-state index contributed by atoms with van der Waals surface area (Å²) in [4.78, 5) is 4.91. The number of pyridine rings is 1. The molecule has 2 rings (SSSR count). The van der Waals surface area contributed by atoms with Crippen molar-refractivity contribution >= 4 is 13.4 Å². The van der Waals surface area contributed by atoms with E-state index in [1.165, 1.54) is 22.1 Å². The van der Waals surface area contributed by atoms with E-state index in [0.717, 1.165) is 19.5 Å². The molecule has 3 heteroatoms. The van der Waals surface area contributed by atoms with Crippen LogP contribution in [-0.4, -0.2) is 19.6 Å². The Hall–Kier alpha value is -0.673. The van der Waals surface area contributed by atoms with Crippen LogP contribution in [0.4, 0.5) is 0 Å². The van der Waals surface area contributed by atoms with E-state index < -0.39 is 8.07 Å². The predicted molar refractivity (Wildman–Crippen MR) is 67.4 cm³/mol. The second kappa shape index (κ2) is 3.72. The van der Waals surface area contributed by atoms with E-state index in [1.54, 1.807) is 0 Å². The Morgan fingerprint density at radius 2 is 2.07 bits per heavy atom. The summed E-state index contributed by atoms with van der Waals surface area (Å²) in [7, 11) is -1.27. The van der Waals surface area contributed by atoms with Gasteiger partial charge in [-0.3, -0.25) is 4.98 Å². The van der Waals surface area contributed by atoms with E-state index in [-0.39, 0.29) is 0 Å². The largest absolute Gasteiger partial charge is 0.312 e. The van der Waals surface area contributed by atoms with Gasteiger partial charge in [-0.15, -0.1) is 0 Å². The summed E-state index contributed by atoms with van der Waals surface area (Å²) in [5.74, 6) is 0. The highest BCUT2D eigenvalue weighted by Gasteiger charge is 2.23. The zero-order valence-corrected chi connectivity index (χ0v) is 11.1. The fourth-order valence-electron chi connectivity index (χ4n) is 2.27. The van der Waals surface area contributed by atoms with Crippen molar-refractivity contribution in [2.24, 2.45) is 0 Å². The van der Waals surface area contributed by atoms with Crippen LogP contribution in [0.2, 0.25) is 19.6 Å². The average molecular weight is 220 g/mol. The molecule has 0 aromatic carbocycles. The molecule has 1 aliphatic rings. The molecule has 0 fully saturated rings. The van der Waals surface area contributed by atoms with Crippen LogP contribution in [0.3, 0.4) is 0 Å². The second-order valence-electron chi connectivity index (χ2n) is 5.44. The van der Waals surface area contributed by atoms with Gasteiger partial charge in [0.15, 0.2) is 0 Å². The zero-order chi connectivity index (χ0) is 11.1. The Morgan fingerprint density at radius 3 is 2.73 bits per heavy atom. The number of fused-ring (bicyclic) bond motifs is 1. The minimum absolute atomic E-state index is 0.995. The van der Waals surface area contributed by atoms with Crippen LogP contribution in [0.1, 0.15) is 16.8 Å². The minimum Gasteiger partial charge on any atom is -0.312 e. The summed E-state index contributed by atoms with van der Waals surface area (Å²) in [6.07, 6.45) is 1.09. The number of hydrogen-bond acceptors (Lipinski definition) is 2. The maximum Gasteiger partial charge on any atom is 0.102 e. The Morgan fingerprint density at radius 1 is 1.33 bits per heavy atom. The summed E-state index contributed by atoms with van der Waals surface area (Å²) in [6, 6.07) is 2.34. The van der Waals surface area contributed by atoms with Gasteiger partial charge in [-0.2, -0.15) is 0 Å². The molecule has 0 atom stereocenters. The van der Waals surface area contributed by atoms with Crippen molar-refractivity contribution in [1.82, 2.24) is 10.3 Å². The molecule has 0 saturated heterocycles. The Bertz CT molecular complexity index is 380. The molecule has 15 heavy (non-hydrogen) atoms. The SMILES string of the molecule is Cc1cc2c(nc1[Si](C)(C)C)CCNC2. The van der Waals surface area contributed by atoms with Crippen molar-refractivity contribution in [3.05, 3.63) is 22.9 Å². The van der Waals surface area contributed by atoms with Crippen molar-refractivity contribution in [2.75, 3.05) is 6.54 Å². The highest BCUT2D eigenvalue weighted by molar-refractivity contribution is 6.88. The van der Waals surface area contributed by atoms with E-state index in [1.807, 2.05) is 0 Å². The molecule has 0 amide bonds. The number of aryl methyl sites for hydroxylation is 1. The molecule has 0 spiro atoms. The van der Waals surface area contributed by atoms with E-state index >= 15 is 0 Å². The molecule has 2 nitrogen and oxygen atoms in total. The first kappa shape index (κ1) is 10.8. The molecule has 1 aromatic heterocycles. The van der Waals surface area contributed by atoms with Crippen molar-refractivity contribution in [3.8, 4) is 0 Å². The second-order valence-corrected chi connectivity index (χ2v) is 10.4. The third kappa shape index (κ3) is 2.13. The molecule has 2 heterocycles. The smallest absolute Gasteiger partial charge is 0.102 e. The summed E-state index contributed by atoms with van der Waals surface area (Å²) in [6.45, 7) is 11.4. The van der Waals surface area contributed by atoms with Crippen LogP contribution in [0.15, 0.2) is 6.07 Å². The fourth-order valence-corrected chi connectivity index (χ4v) is 3.99. The monoisotopic (exact) mass is 220 g/mol. The predicted octanol–water partition coefficient (Wildman–Crippen LogP) is 1.58. The van der Waals surface area contributed by atoms with E-state index in [0.29, 0.717) is 0 Å². The number of rotatable bonds is 1. The zero-order valence-electron chi connectivity index (χ0n) is 10.1. The van der Waals surface area contributed by atoms with Crippen molar-refractivity contribution in [2.45, 2.75) is 39.5 Å². The number of nitrogens with one attached hydrogen (secondary N) is 1. The van der Waals surface area contributed by atoms with E-state index in [9.17, 15) is 0 Å². The Balaban J connectivity index is 2.50. The van der Waals surface area contributed by atoms with Crippen molar-refractivity contribution in [3.63, 3.8) is 0 Å². The third-order valence-electron chi connectivity index (χ3n) is 2.95. The van der Waals surface area contributed by atoms with Gasteiger partial charge in [0, 0.05) is 30.5 Å². The standard InChI is InChI=1S/C12H20N2Si/c1-9-7-10-8-13-6-5-11(10)14-12(9)15(2,3)4/h7,13H,5-6,8H2,1-4H3. The van der Waals surface area contributed by atoms with Crippen molar-refractivity contribution < 1.29 is 0 Å². The van der Waals surface area contributed by atoms with Gasteiger partial charge >= 0.3 is 0 Å². The topological polar surface area (TPSA) is 24.9 Å². The first-order valence-corrected chi connectivity index (χ1v) is 9.19. The lowest BCUT2D eigenvalue weighted by Crippen LogP contribution is -2.43. The maximum atomic E-state index is 4.91. The van der Waals surface area contributed by atoms with Crippen LogP contribution in [0.25, 0.3) is 0 Å². The van der Waals surface area contributed by atoms with Gasteiger partial charge in [0.2, 0.25) is 0 Å². The lowest BCUT2D eigenvalue weighted by atomic mass is 10.1. The maximum absolute atomic E-state index is 4.91. The molecule has 0 bridgehead atoms. The molecule has 1 aliphatic heterocycles. The van der Waals surface area contributed by atoms with Gasteiger partial charge in [0.05, 0.1) is 0 Å². The third-order valence-corrected chi connectivity index (χ3v) is 4.87. The molecule has 1 aromatic rings. The van der Waals surface area contributed by atoms with E-state index in [4.69, 9.17) is 4.98 Å². The molecule has 0 saturated carbocycles. The summed E-state index contributed by atoms with van der Waals surface area (Å²) < 4.78 is 0. The Labute approximate surface area is 93.1 Å². The van der Waals surface area contributed by atoms with Crippen LogP contribution < -0.4 is 10.6 Å². The summed E-state index contributed by atoms with van der Waals surface area (Å²) >= 11 is 0. The summed E-state index contributed by atoms with van der Waals surface area (Å²) in [5, 5.41) is 4.79. The molecule has 0 unspecified atom stereocenters.